The van der Waals surface area contributed by atoms with Crippen LogP contribution in [0.15, 0.2) is 28.7 Å². The summed E-state index contributed by atoms with van der Waals surface area (Å²) in [7, 11) is 0. The first-order chi connectivity index (χ1) is 7.63. The highest BCUT2D eigenvalue weighted by molar-refractivity contribution is 9.10. The van der Waals surface area contributed by atoms with Crippen LogP contribution < -0.4 is 5.32 Å². The van der Waals surface area contributed by atoms with Crippen LogP contribution >= 0.6 is 27.7 Å². The maximum absolute atomic E-state index is 3.57. The van der Waals surface area contributed by atoms with Crippen molar-refractivity contribution in [3.05, 3.63) is 34.3 Å². The Hall–Kier alpha value is 0.01000. The molecule has 16 heavy (non-hydrogen) atoms. The fourth-order valence-electron chi connectivity index (χ4n) is 1.62. The average Bonchev–Trinajstić information content (AvgIpc) is 2.26. The minimum atomic E-state index is 0.557. The average molecular weight is 302 g/mol. The van der Waals surface area contributed by atoms with Crippen LogP contribution in [0.1, 0.15) is 25.3 Å². The molecular weight excluding hydrogens is 282 g/mol. The van der Waals surface area contributed by atoms with E-state index in [2.05, 4.69) is 65.6 Å². The Labute approximate surface area is 112 Å². The van der Waals surface area contributed by atoms with Gasteiger partial charge in [-0.3, -0.25) is 0 Å². The molecule has 0 fully saturated rings. The quantitative estimate of drug-likeness (QED) is 0.855. The highest BCUT2D eigenvalue weighted by Crippen LogP contribution is 2.19. The minimum absolute atomic E-state index is 0.557. The Morgan fingerprint density at radius 1 is 1.38 bits per heavy atom. The van der Waals surface area contributed by atoms with E-state index < -0.39 is 0 Å². The van der Waals surface area contributed by atoms with Crippen LogP contribution in [0.5, 0.6) is 0 Å². The Morgan fingerprint density at radius 3 is 2.75 bits per heavy atom. The highest BCUT2D eigenvalue weighted by atomic mass is 79.9. The Morgan fingerprint density at radius 2 is 2.12 bits per heavy atom. The number of benzene rings is 1. The molecule has 0 aliphatic carbocycles. The Balaban J connectivity index is 2.43. The van der Waals surface area contributed by atoms with Crippen LogP contribution in [0.3, 0.4) is 0 Å². The zero-order valence-corrected chi connectivity index (χ0v) is 12.6. The summed E-state index contributed by atoms with van der Waals surface area (Å²) in [6, 6.07) is 9.15. The third kappa shape index (κ3) is 4.89. The molecule has 0 bridgehead atoms. The molecule has 0 saturated heterocycles. The second-order valence-corrected chi connectivity index (χ2v) is 6.05. The molecule has 90 valence electrons. The van der Waals surface area contributed by atoms with Crippen LogP contribution in [-0.4, -0.2) is 24.6 Å². The molecule has 0 saturated carbocycles. The Bertz CT molecular complexity index is 317. The van der Waals surface area contributed by atoms with Gasteiger partial charge in [-0.15, -0.1) is 0 Å². The van der Waals surface area contributed by atoms with Gasteiger partial charge in [-0.2, -0.15) is 11.8 Å². The lowest BCUT2D eigenvalue weighted by atomic mass is 10.0. The number of hydrogen-bond donors (Lipinski definition) is 1. The molecule has 0 heterocycles. The lowest BCUT2D eigenvalue weighted by molar-refractivity contribution is 0.553. The van der Waals surface area contributed by atoms with Gasteiger partial charge in [0.15, 0.2) is 0 Å². The summed E-state index contributed by atoms with van der Waals surface area (Å²) in [6.07, 6.45) is 2.15. The molecule has 1 aromatic rings. The summed E-state index contributed by atoms with van der Waals surface area (Å²) in [5, 5.41) is 3.57. The summed E-state index contributed by atoms with van der Waals surface area (Å²) >= 11 is 5.40. The summed E-state index contributed by atoms with van der Waals surface area (Å²) in [6.45, 7) is 5.54. The maximum atomic E-state index is 3.57. The molecule has 0 aromatic heterocycles. The Kier molecular flexibility index (Phi) is 6.47. The third-order valence-corrected chi connectivity index (χ3v) is 3.93. The van der Waals surface area contributed by atoms with Crippen molar-refractivity contribution >= 4 is 27.7 Å². The van der Waals surface area contributed by atoms with Crippen molar-refractivity contribution in [2.45, 2.75) is 25.8 Å². The van der Waals surface area contributed by atoms with E-state index in [9.17, 15) is 0 Å². The fraction of sp³-hybridized carbons (Fsp3) is 0.538. The molecule has 1 aromatic carbocycles. The van der Waals surface area contributed by atoms with Crippen molar-refractivity contribution in [1.29, 1.82) is 0 Å². The smallest absolute Gasteiger partial charge is 0.0178 e. The summed E-state index contributed by atoms with van der Waals surface area (Å²) in [4.78, 5) is 0. The largest absolute Gasteiger partial charge is 0.313 e. The van der Waals surface area contributed by atoms with Gasteiger partial charge in [0.1, 0.15) is 0 Å². The van der Waals surface area contributed by atoms with Gasteiger partial charge in [-0.1, -0.05) is 35.0 Å². The van der Waals surface area contributed by atoms with Crippen molar-refractivity contribution in [3.8, 4) is 0 Å². The van der Waals surface area contributed by atoms with Crippen LogP contribution in [0.2, 0.25) is 0 Å². The number of hydrogen-bond acceptors (Lipinski definition) is 2. The van der Waals surface area contributed by atoms with Crippen LogP contribution in [0.25, 0.3) is 0 Å². The van der Waals surface area contributed by atoms with Crippen molar-refractivity contribution in [3.63, 3.8) is 0 Å². The molecule has 1 N–H and O–H groups in total. The highest BCUT2D eigenvalue weighted by Gasteiger charge is 2.07. The van der Waals surface area contributed by atoms with Gasteiger partial charge < -0.3 is 5.32 Å². The SMILES string of the molecule is CSCC(C)NCC(C)c1cccc(Br)c1. The van der Waals surface area contributed by atoms with Gasteiger partial charge in [0.05, 0.1) is 0 Å². The minimum Gasteiger partial charge on any atom is -0.313 e. The molecule has 3 heteroatoms. The monoisotopic (exact) mass is 301 g/mol. The van der Waals surface area contributed by atoms with Gasteiger partial charge in [-0.05, 0) is 36.8 Å². The lowest BCUT2D eigenvalue weighted by Gasteiger charge is -2.17. The van der Waals surface area contributed by atoms with E-state index in [1.165, 1.54) is 11.3 Å². The lowest BCUT2D eigenvalue weighted by Crippen LogP contribution is -2.31. The van der Waals surface area contributed by atoms with Crippen LogP contribution in [0, 0.1) is 0 Å². The van der Waals surface area contributed by atoms with Crippen molar-refractivity contribution in [1.82, 2.24) is 5.32 Å². The molecule has 0 radical (unpaired) electrons. The molecule has 1 nitrogen and oxygen atoms in total. The van der Waals surface area contributed by atoms with E-state index in [0.717, 1.165) is 11.0 Å². The topological polar surface area (TPSA) is 12.0 Å². The van der Waals surface area contributed by atoms with Gasteiger partial charge >= 0.3 is 0 Å². The van der Waals surface area contributed by atoms with Crippen molar-refractivity contribution < 1.29 is 0 Å². The zero-order chi connectivity index (χ0) is 12.0. The molecular formula is C13H20BrNS. The van der Waals surface area contributed by atoms with E-state index in [1.54, 1.807) is 0 Å². The van der Waals surface area contributed by atoms with Gasteiger partial charge in [0.2, 0.25) is 0 Å². The first-order valence-corrected chi connectivity index (χ1v) is 7.80. The standard InChI is InChI=1S/C13H20BrNS/c1-10(8-15-11(2)9-16-3)12-5-4-6-13(14)7-12/h4-7,10-11,15H,8-9H2,1-3H3. The summed E-state index contributed by atoms with van der Waals surface area (Å²) < 4.78 is 1.16. The van der Waals surface area contributed by atoms with E-state index >= 15 is 0 Å². The number of nitrogens with one attached hydrogen (secondary N) is 1. The second-order valence-electron chi connectivity index (χ2n) is 4.22. The summed E-state index contributed by atoms with van der Waals surface area (Å²) in [5.74, 6) is 1.73. The number of thioether (sulfide) groups is 1. The number of rotatable bonds is 6. The molecule has 1 rings (SSSR count). The van der Waals surface area contributed by atoms with Crippen molar-refractivity contribution in [2.24, 2.45) is 0 Å². The predicted octanol–water partition coefficient (Wildman–Crippen LogP) is 3.89. The van der Waals surface area contributed by atoms with Gasteiger partial charge in [0, 0.05) is 22.8 Å². The molecule has 0 aliphatic rings. The fourth-order valence-corrected chi connectivity index (χ4v) is 2.65. The summed E-state index contributed by atoms with van der Waals surface area (Å²) in [5.41, 5.74) is 1.39. The first-order valence-electron chi connectivity index (χ1n) is 5.61. The third-order valence-electron chi connectivity index (χ3n) is 2.61. The zero-order valence-electron chi connectivity index (χ0n) is 10.2. The van der Waals surface area contributed by atoms with Crippen LogP contribution in [-0.2, 0) is 0 Å². The maximum Gasteiger partial charge on any atom is 0.0178 e. The van der Waals surface area contributed by atoms with E-state index in [-0.39, 0.29) is 0 Å². The second kappa shape index (κ2) is 7.36. The van der Waals surface area contributed by atoms with Gasteiger partial charge in [0.25, 0.3) is 0 Å². The number of halogens is 1. The molecule has 2 unspecified atom stereocenters. The van der Waals surface area contributed by atoms with E-state index in [4.69, 9.17) is 0 Å². The molecule has 0 spiro atoms. The van der Waals surface area contributed by atoms with Gasteiger partial charge in [-0.25, -0.2) is 0 Å². The molecule has 2 atom stereocenters. The molecule has 0 aliphatic heterocycles. The van der Waals surface area contributed by atoms with Crippen LogP contribution in [0.4, 0.5) is 0 Å². The predicted molar refractivity (Wildman–Crippen MR) is 78.4 cm³/mol. The van der Waals surface area contributed by atoms with Crippen molar-refractivity contribution in [2.75, 3.05) is 18.6 Å². The van der Waals surface area contributed by atoms with E-state index in [1.807, 2.05) is 11.8 Å². The normalized spacial score (nSPS) is 14.8. The van der Waals surface area contributed by atoms with E-state index in [0.29, 0.717) is 12.0 Å². The first kappa shape index (κ1) is 14.1. The molecule has 0 amide bonds.